The summed E-state index contributed by atoms with van der Waals surface area (Å²) in [5, 5.41) is 24.7. The zero-order valence-electron chi connectivity index (χ0n) is 47.6. The number of benzene rings is 6. The monoisotopic (exact) mass is 1030 g/mol. The van der Waals surface area contributed by atoms with E-state index in [1.165, 1.54) is 22.3 Å². The Kier molecular flexibility index (Phi) is 17.8. The average Bonchev–Trinajstić information content (AvgIpc) is 3.22. The van der Waals surface area contributed by atoms with Gasteiger partial charge in [-0.1, -0.05) is 173 Å². The standard InChI is InChI=1S/C65H84O4.CH3.Zr/c1-40-28-50(42-32-46(62(9,10)11)36-47(33-42)63(12,13)14)58(66)54(30-40)52-38-44(60(3,4)5)22-24-56(52)68-26-21-27-69-57-25-23-45(61(6,7)8)39-53(57)55-31-41(2)29-51(59(55)67)43-34-48(64(15,16)17)37-49(35-43)65(18,19)20;;/h22-25,28-39,66-67H,21,26-27H2,1-20H3;1H3;/q;-1;. The molecule has 0 bridgehead atoms. The van der Waals surface area contributed by atoms with Crippen LogP contribution in [0.15, 0.2) is 97.1 Å². The first kappa shape index (κ1) is 59.0. The molecule has 0 saturated carbocycles. The quantitative estimate of drug-likeness (QED) is 0.106. The van der Waals surface area contributed by atoms with Crippen molar-refractivity contribution in [3.05, 3.63) is 149 Å². The normalized spacial score (nSPS) is 12.6. The third-order valence-electron chi connectivity index (χ3n) is 13.5. The molecule has 4 nitrogen and oxygen atoms in total. The van der Waals surface area contributed by atoms with E-state index >= 15 is 0 Å². The van der Waals surface area contributed by atoms with E-state index in [1.807, 2.05) is 0 Å². The molecule has 6 rings (SSSR count). The van der Waals surface area contributed by atoms with Gasteiger partial charge in [0.05, 0.1) is 13.2 Å². The minimum absolute atomic E-state index is 0. The molecule has 0 amide bonds. The Balaban J connectivity index is 0.00000548. The first-order valence-electron chi connectivity index (χ1n) is 25.2. The zero-order valence-corrected chi connectivity index (χ0v) is 50.0. The Morgan fingerprint density at radius 2 is 0.606 bits per heavy atom. The summed E-state index contributed by atoms with van der Waals surface area (Å²) in [7, 11) is 0. The van der Waals surface area contributed by atoms with Crippen LogP contribution in [0.1, 0.15) is 176 Å². The molecule has 0 saturated heterocycles. The molecule has 0 aromatic heterocycles. The second kappa shape index (κ2) is 21.5. The number of ether oxygens (including phenoxy) is 2. The largest absolute Gasteiger partial charge is 0.507 e. The second-order valence-electron chi connectivity index (χ2n) is 26.0. The third-order valence-corrected chi connectivity index (χ3v) is 13.5. The van der Waals surface area contributed by atoms with E-state index < -0.39 is 0 Å². The number of phenolic OH excluding ortho intramolecular Hbond substituents is 2. The predicted molar refractivity (Wildman–Crippen MR) is 302 cm³/mol. The van der Waals surface area contributed by atoms with Crippen LogP contribution in [0.2, 0.25) is 0 Å². The Morgan fingerprint density at radius 1 is 0.338 bits per heavy atom. The summed E-state index contributed by atoms with van der Waals surface area (Å²) in [4.78, 5) is 0. The van der Waals surface area contributed by atoms with Crippen molar-refractivity contribution in [2.45, 2.75) is 177 Å². The van der Waals surface area contributed by atoms with Gasteiger partial charge in [0.1, 0.15) is 23.0 Å². The molecule has 0 heterocycles. The maximum Gasteiger partial charge on any atom is 0.131 e. The number of phenols is 2. The van der Waals surface area contributed by atoms with Crippen molar-refractivity contribution >= 4 is 0 Å². The number of hydrogen-bond acceptors (Lipinski definition) is 4. The van der Waals surface area contributed by atoms with Crippen LogP contribution in [-0.2, 0) is 58.7 Å². The van der Waals surface area contributed by atoms with Gasteiger partial charge in [0, 0.05) is 66.0 Å². The molecule has 6 aromatic carbocycles. The molecular weight excluding hydrogens is 948 g/mol. The molecule has 0 fully saturated rings. The molecule has 0 atom stereocenters. The second-order valence-corrected chi connectivity index (χ2v) is 26.0. The van der Waals surface area contributed by atoms with Gasteiger partial charge < -0.3 is 27.1 Å². The van der Waals surface area contributed by atoms with Crippen LogP contribution in [0.5, 0.6) is 23.0 Å². The molecule has 0 radical (unpaired) electrons. The van der Waals surface area contributed by atoms with Crippen LogP contribution < -0.4 is 9.47 Å². The van der Waals surface area contributed by atoms with E-state index in [0.29, 0.717) is 31.1 Å². The van der Waals surface area contributed by atoms with E-state index in [2.05, 4.69) is 236 Å². The van der Waals surface area contributed by atoms with Gasteiger partial charge in [0.15, 0.2) is 0 Å². The molecule has 0 aliphatic heterocycles. The maximum absolute atomic E-state index is 12.4. The topological polar surface area (TPSA) is 58.9 Å². The smallest absolute Gasteiger partial charge is 0.131 e. The molecule has 380 valence electrons. The Hall–Kier alpha value is -4.60. The minimum atomic E-state index is -0.120. The fourth-order valence-electron chi connectivity index (χ4n) is 8.80. The Labute approximate surface area is 450 Å². The average molecular weight is 1040 g/mol. The molecule has 71 heavy (non-hydrogen) atoms. The van der Waals surface area contributed by atoms with Gasteiger partial charge in [-0.3, -0.25) is 0 Å². The van der Waals surface area contributed by atoms with E-state index in [0.717, 1.165) is 66.8 Å². The van der Waals surface area contributed by atoms with Crippen molar-refractivity contribution in [3.8, 4) is 67.5 Å². The molecular formula is C66H87O4Zr-. The van der Waals surface area contributed by atoms with Gasteiger partial charge in [-0.25, -0.2) is 0 Å². The van der Waals surface area contributed by atoms with Gasteiger partial charge in [-0.2, -0.15) is 0 Å². The number of hydrogen-bond donors (Lipinski definition) is 2. The molecule has 0 unspecified atom stereocenters. The van der Waals surface area contributed by atoms with Crippen LogP contribution in [0.25, 0.3) is 44.5 Å². The van der Waals surface area contributed by atoms with Gasteiger partial charge >= 0.3 is 0 Å². The first-order valence-corrected chi connectivity index (χ1v) is 25.2. The molecule has 0 aliphatic rings. The van der Waals surface area contributed by atoms with Crippen LogP contribution in [0.3, 0.4) is 0 Å². The maximum atomic E-state index is 12.4. The van der Waals surface area contributed by atoms with Crippen molar-refractivity contribution in [1.82, 2.24) is 0 Å². The summed E-state index contributed by atoms with van der Waals surface area (Å²) in [6, 6.07) is 34.7. The minimum Gasteiger partial charge on any atom is -0.507 e. The first-order chi connectivity index (χ1) is 31.6. The van der Waals surface area contributed by atoms with Crippen molar-refractivity contribution in [2.75, 3.05) is 13.2 Å². The van der Waals surface area contributed by atoms with E-state index in [9.17, 15) is 10.2 Å². The van der Waals surface area contributed by atoms with Crippen LogP contribution in [0, 0.1) is 21.3 Å². The van der Waals surface area contributed by atoms with E-state index in [1.54, 1.807) is 0 Å². The summed E-state index contributed by atoms with van der Waals surface area (Å²) in [6.07, 6.45) is 0.612. The molecule has 6 aromatic rings. The van der Waals surface area contributed by atoms with Crippen LogP contribution >= 0.6 is 0 Å². The summed E-state index contributed by atoms with van der Waals surface area (Å²) in [5.41, 5.74) is 15.8. The summed E-state index contributed by atoms with van der Waals surface area (Å²) < 4.78 is 13.4. The van der Waals surface area contributed by atoms with E-state index in [-0.39, 0.29) is 77.6 Å². The number of aromatic hydroxyl groups is 2. The molecule has 0 spiro atoms. The molecule has 2 N–H and O–H groups in total. The Morgan fingerprint density at radius 3 is 0.873 bits per heavy atom. The van der Waals surface area contributed by atoms with Crippen molar-refractivity contribution in [3.63, 3.8) is 0 Å². The van der Waals surface area contributed by atoms with Gasteiger partial charge in [0.25, 0.3) is 0 Å². The number of aryl methyl sites for hydroxylation is 2. The summed E-state index contributed by atoms with van der Waals surface area (Å²) >= 11 is 0. The van der Waals surface area contributed by atoms with Gasteiger partial charge in [-0.05, 0) is 151 Å². The predicted octanol–water partition coefficient (Wildman–Crippen LogP) is 18.5. The van der Waals surface area contributed by atoms with Crippen LogP contribution in [-0.4, -0.2) is 23.4 Å². The SMILES string of the molecule is Cc1cc(-c2cc(C(C)(C)C)cc(C(C)(C)C)c2)c(O)c(-c2cc(C(C)(C)C)ccc2OCCCOc2ccc(C(C)(C)C)cc2-c2cc(C)cc(-c3cc(C(C)(C)C)cc(C(C)(C)C)c3)c2O)c1.[CH3-].[Zr]. The summed E-state index contributed by atoms with van der Waals surface area (Å²) in [5.74, 6) is 1.92. The zero-order chi connectivity index (χ0) is 51.4. The van der Waals surface area contributed by atoms with Crippen molar-refractivity contribution in [1.29, 1.82) is 0 Å². The summed E-state index contributed by atoms with van der Waals surface area (Å²) in [6.45, 7) is 45.2. The third kappa shape index (κ3) is 13.9. The Bertz CT molecular complexity index is 2580. The van der Waals surface area contributed by atoms with Gasteiger partial charge in [0.2, 0.25) is 0 Å². The fourth-order valence-corrected chi connectivity index (χ4v) is 8.80. The molecule has 0 aliphatic carbocycles. The molecule has 5 heteroatoms. The van der Waals surface area contributed by atoms with Crippen LogP contribution in [0.4, 0.5) is 0 Å². The fraction of sp³-hybridized carbons (Fsp3) is 0.439. The van der Waals surface area contributed by atoms with Gasteiger partial charge in [-0.15, -0.1) is 0 Å². The van der Waals surface area contributed by atoms with E-state index in [4.69, 9.17) is 9.47 Å². The van der Waals surface area contributed by atoms with Crippen molar-refractivity contribution < 1.29 is 45.9 Å². The van der Waals surface area contributed by atoms with Crippen molar-refractivity contribution in [2.24, 2.45) is 0 Å². The number of rotatable bonds is 10.